The smallest absolute Gasteiger partial charge is 0.322 e. The molecule has 2 N–H and O–H groups in total. The molecule has 3 rings (SSSR count). The number of nitrogens with zero attached hydrogens (tertiary/aromatic N) is 4. The number of carbonyl (C=O) groups is 3. The van der Waals surface area contributed by atoms with Crippen LogP contribution in [0.1, 0.15) is 24.1 Å². The van der Waals surface area contributed by atoms with Crippen LogP contribution in [0.3, 0.4) is 0 Å². The Bertz CT molecular complexity index is 690. The number of hydrogen-bond acceptors (Lipinski definition) is 6. The highest BCUT2D eigenvalue weighted by atomic mass is 16.2. The van der Waals surface area contributed by atoms with E-state index < -0.39 is 12.1 Å². The molecule has 0 spiro atoms. The van der Waals surface area contributed by atoms with Gasteiger partial charge in [0.2, 0.25) is 11.8 Å². The molecule has 9 nitrogen and oxygen atoms in total. The minimum absolute atomic E-state index is 0.145. The zero-order valence-electron chi connectivity index (χ0n) is 13.7. The van der Waals surface area contributed by atoms with Crippen LogP contribution in [0.25, 0.3) is 0 Å². The number of nitrogens with one attached hydrogen (secondary N) is 2. The molecule has 24 heavy (non-hydrogen) atoms. The molecule has 0 radical (unpaired) electrons. The highest BCUT2D eigenvalue weighted by Gasteiger charge is 2.32. The van der Waals surface area contributed by atoms with Gasteiger partial charge in [-0.3, -0.25) is 14.9 Å². The summed E-state index contributed by atoms with van der Waals surface area (Å²) in [5, 5.41) is 4.74. The summed E-state index contributed by atoms with van der Waals surface area (Å²) in [5.74, 6) is 0.315. The standard InChI is InChI=1S/C15H20N6O3/c1-20(2)13-9-5-6-21(7-11(9)16-8-17-13)14(23)10-3-4-12(22)19-15(24)18-10/h8,10H,3-7H2,1-2H3,(H2,18,19,22,24)/t10-/m0/s1. The number of rotatable bonds is 2. The number of urea groups is 1. The zero-order chi connectivity index (χ0) is 17.3. The van der Waals surface area contributed by atoms with E-state index in [1.807, 2.05) is 19.0 Å². The molecule has 1 saturated heterocycles. The van der Waals surface area contributed by atoms with Gasteiger partial charge in [0.1, 0.15) is 18.2 Å². The molecule has 0 saturated carbocycles. The van der Waals surface area contributed by atoms with E-state index in [1.165, 1.54) is 6.33 Å². The Kier molecular flexibility index (Phi) is 4.32. The number of fused-ring (bicyclic) bond motifs is 1. The number of amides is 4. The Morgan fingerprint density at radius 1 is 1.29 bits per heavy atom. The average molecular weight is 332 g/mol. The van der Waals surface area contributed by atoms with Crippen LogP contribution in [0.5, 0.6) is 0 Å². The van der Waals surface area contributed by atoms with E-state index in [1.54, 1.807) is 4.90 Å². The SMILES string of the molecule is CN(C)c1ncnc2c1CCN(C(=O)[C@@H]1CCC(=O)NC(=O)N1)C2. The zero-order valence-corrected chi connectivity index (χ0v) is 13.7. The van der Waals surface area contributed by atoms with Crippen LogP contribution in [0.15, 0.2) is 6.33 Å². The van der Waals surface area contributed by atoms with E-state index in [-0.39, 0.29) is 18.2 Å². The van der Waals surface area contributed by atoms with Crippen molar-refractivity contribution < 1.29 is 14.4 Å². The fourth-order valence-electron chi connectivity index (χ4n) is 3.05. The third kappa shape index (κ3) is 3.15. The van der Waals surface area contributed by atoms with Gasteiger partial charge in [-0.15, -0.1) is 0 Å². The average Bonchev–Trinajstić information content (AvgIpc) is 2.73. The summed E-state index contributed by atoms with van der Waals surface area (Å²) in [6.07, 6.45) is 2.60. The molecule has 1 atom stereocenters. The van der Waals surface area contributed by atoms with Gasteiger partial charge in [-0.2, -0.15) is 0 Å². The first kappa shape index (κ1) is 16.2. The molecule has 1 aromatic heterocycles. The number of carbonyl (C=O) groups excluding carboxylic acids is 3. The molecule has 3 heterocycles. The van der Waals surface area contributed by atoms with Gasteiger partial charge in [-0.25, -0.2) is 14.8 Å². The maximum absolute atomic E-state index is 12.7. The van der Waals surface area contributed by atoms with E-state index in [4.69, 9.17) is 0 Å². The topological polar surface area (TPSA) is 108 Å². The summed E-state index contributed by atoms with van der Waals surface area (Å²) in [6, 6.07) is -1.31. The van der Waals surface area contributed by atoms with Gasteiger partial charge in [0.25, 0.3) is 0 Å². The maximum atomic E-state index is 12.7. The molecule has 128 valence electrons. The van der Waals surface area contributed by atoms with Crippen LogP contribution in [0.4, 0.5) is 10.6 Å². The fourth-order valence-corrected chi connectivity index (χ4v) is 3.05. The van der Waals surface area contributed by atoms with E-state index in [0.29, 0.717) is 25.9 Å². The maximum Gasteiger partial charge on any atom is 0.322 e. The van der Waals surface area contributed by atoms with Gasteiger partial charge in [-0.1, -0.05) is 0 Å². The molecule has 0 aromatic carbocycles. The summed E-state index contributed by atoms with van der Waals surface area (Å²) >= 11 is 0. The molecular formula is C15H20N6O3. The quantitative estimate of drug-likeness (QED) is 0.750. The van der Waals surface area contributed by atoms with Crippen molar-refractivity contribution in [1.82, 2.24) is 25.5 Å². The number of aromatic nitrogens is 2. The molecule has 0 bridgehead atoms. The second-order valence-electron chi connectivity index (χ2n) is 6.14. The van der Waals surface area contributed by atoms with Gasteiger partial charge in [-0.05, 0) is 12.8 Å². The van der Waals surface area contributed by atoms with Crippen molar-refractivity contribution in [3.05, 3.63) is 17.6 Å². The molecule has 4 amide bonds. The fraction of sp³-hybridized carbons (Fsp3) is 0.533. The van der Waals surface area contributed by atoms with Crippen LogP contribution in [0.2, 0.25) is 0 Å². The summed E-state index contributed by atoms with van der Waals surface area (Å²) < 4.78 is 0. The lowest BCUT2D eigenvalue weighted by Crippen LogP contribution is -2.50. The van der Waals surface area contributed by atoms with Crippen molar-refractivity contribution in [2.75, 3.05) is 25.5 Å². The van der Waals surface area contributed by atoms with Gasteiger partial charge in [0, 0.05) is 32.6 Å². The predicted molar refractivity (Wildman–Crippen MR) is 85.2 cm³/mol. The second-order valence-corrected chi connectivity index (χ2v) is 6.14. The molecular weight excluding hydrogens is 312 g/mol. The Morgan fingerprint density at radius 2 is 2.08 bits per heavy atom. The highest BCUT2D eigenvalue weighted by Crippen LogP contribution is 2.24. The molecule has 1 aromatic rings. The van der Waals surface area contributed by atoms with Gasteiger partial charge >= 0.3 is 6.03 Å². The number of hydrogen-bond donors (Lipinski definition) is 2. The molecule has 9 heteroatoms. The first-order valence-corrected chi connectivity index (χ1v) is 7.85. The first-order valence-electron chi connectivity index (χ1n) is 7.85. The van der Waals surface area contributed by atoms with Crippen LogP contribution >= 0.6 is 0 Å². The van der Waals surface area contributed by atoms with Crippen LogP contribution in [0, 0.1) is 0 Å². The van der Waals surface area contributed by atoms with E-state index >= 15 is 0 Å². The number of imide groups is 1. The van der Waals surface area contributed by atoms with Crippen LogP contribution in [-0.2, 0) is 22.6 Å². The van der Waals surface area contributed by atoms with Crippen LogP contribution in [-0.4, -0.2) is 59.4 Å². The molecule has 1 fully saturated rings. The summed E-state index contributed by atoms with van der Waals surface area (Å²) in [4.78, 5) is 47.9. The molecule has 0 aliphatic carbocycles. The van der Waals surface area contributed by atoms with E-state index in [9.17, 15) is 14.4 Å². The molecule has 2 aliphatic heterocycles. The molecule has 2 aliphatic rings. The lowest BCUT2D eigenvalue weighted by Gasteiger charge is -2.32. The van der Waals surface area contributed by atoms with Crippen molar-refractivity contribution in [2.24, 2.45) is 0 Å². The summed E-state index contributed by atoms with van der Waals surface area (Å²) in [5.41, 5.74) is 1.87. The Balaban J connectivity index is 1.75. The largest absolute Gasteiger partial charge is 0.362 e. The molecule has 0 unspecified atom stereocenters. The Morgan fingerprint density at radius 3 is 2.83 bits per heavy atom. The van der Waals surface area contributed by atoms with Crippen molar-refractivity contribution in [2.45, 2.75) is 31.8 Å². The van der Waals surface area contributed by atoms with Crippen molar-refractivity contribution in [1.29, 1.82) is 0 Å². The lowest BCUT2D eigenvalue weighted by atomic mass is 10.0. The van der Waals surface area contributed by atoms with Crippen molar-refractivity contribution >= 4 is 23.7 Å². The monoisotopic (exact) mass is 332 g/mol. The Labute approximate surface area is 139 Å². The minimum atomic E-state index is -0.687. The van der Waals surface area contributed by atoms with Gasteiger partial charge in [0.05, 0.1) is 12.2 Å². The first-order chi connectivity index (χ1) is 11.5. The third-order valence-electron chi connectivity index (χ3n) is 4.24. The van der Waals surface area contributed by atoms with Gasteiger partial charge < -0.3 is 15.1 Å². The van der Waals surface area contributed by atoms with Crippen molar-refractivity contribution in [3.8, 4) is 0 Å². The Hall–Kier alpha value is -2.71. The normalized spacial score (nSPS) is 20.6. The minimum Gasteiger partial charge on any atom is -0.362 e. The van der Waals surface area contributed by atoms with E-state index in [0.717, 1.165) is 17.1 Å². The lowest BCUT2D eigenvalue weighted by molar-refractivity contribution is -0.134. The van der Waals surface area contributed by atoms with E-state index in [2.05, 4.69) is 20.6 Å². The second kappa shape index (κ2) is 6.42. The number of anilines is 1. The highest BCUT2D eigenvalue weighted by molar-refractivity contribution is 5.98. The van der Waals surface area contributed by atoms with Gasteiger partial charge in [0.15, 0.2) is 0 Å². The van der Waals surface area contributed by atoms with Crippen LogP contribution < -0.4 is 15.5 Å². The predicted octanol–water partition coefficient (Wildman–Crippen LogP) is -0.584. The van der Waals surface area contributed by atoms with Crippen molar-refractivity contribution in [3.63, 3.8) is 0 Å². The summed E-state index contributed by atoms with van der Waals surface area (Å²) in [7, 11) is 3.84. The third-order valence-corrected chi connectivity index (χ3v) is 4.24. The summed E-state index contributed by atoms with van der Waals surface area (Å²) in [6.45, 7) is 0.916.